The lowest BCUT2D eigenvalue weighted by atomic mass is 10.0. The van der Waals surface area contributed by atoms with Gasteiger partial charge in [-0.1, -0.05) is 6.07 Å². The molecule has 1 N–H and O–H groups in total. The second kappa shape index (κ2) is 6.83. The first-order valence-electron chi connectivity index (χ1n) is 8.90. The molecule has 2 atom stereocenters. The number of carbonyl (C=O) groups is 2. The quantitative estimate of drug-likeness (QED) is 0.907. The molecule has 2 saturated heterocycles. The molecule has 130 valence electrons. The van der Waals surface area contributed by atoms with Gasteiger partial charge in [-0.25, -0.2) is 4.79 Å². The highest BCUT2D eigenvalue weighted by molar-refractivity contribution is 5.97. The van der Waals surface area contributed by atoms with Crippen LogP contribution in [0.4, 0.5) is 10.5 Å². The zero-order chi connectivity index (χ0) is 17.3. The van der Waals surface area contributed by atoms with Crippen LogP contribution in [0.15, 0.2) is 18.2 Å². The van der Waals surface area contributed by atoms with E-state index in [9.17, 15) is 9.59 Å². The van der Waals surface area contributed by atoms with Gasteiger partial charge >= 0.3 is 6.03 Å². The molecule has 0 bridgehead atoms. The molecular formula is C19H27N3O2. The molecule has 1 aromatic carbocycles. The average Bonchev–Trinajstić information content (AvgIpc) is 2.91. The van der Waals surface area contributed by atoms with Crippen LogP contribution in [0.5, 0.6) is 0 Å². The first-order valence-corrected chi connectivity index (χ1v) is 8.90. The van der Waals surface area contributed by atoms with Crippen molar-refractivity contribution < 1.29 is 9.59 Å². The molecule has 0 radical (unpaired) electrons. The summed E-state index contributed by atoms with van der Waals surface area (Å²) >= 11 is 0. The first kappa shape index (κ1) is 16.8. The van der Waals surface area contributed by atoms with Crippen molar-refractivity contribution in [3.05, 3.63) is 29.3 Å². The highest BCUT2D eigenvalue weighted by Gasteiger charge is 2.33. The van der Waals surface area contributed by atoms with Gasteiger partial charge in [0.05, 0.1) is 6.04 Å². The summed E-state index contributed by atoms with van der Waals surface area (Å²) in [5.74, 6) is 0.0789. The third-order valence-electron chi connectivity index (χ3n) is 5.32. The Morgan fingerprint density at radius 2 is 2.00 bits per heavy atom. The number of amides is 3. The Kier molecular flexibility index (Phi) is 4.78. The molecule has 2 aliphatic heterocycles. The van der Waals surface area contributed by atoms with Crippen LogP contribution in [0.25, 0.3) is 0 Å². The molecule has 0 spiro atoms. The first-order chi connectivity index (χ1) is 11.5. The molecule has 5 nitrogen and oxygen atoms in total. The zero-order valence-electron chi connectivity index (χ0n) is 14.8. The lowest BCUT2D eigenvalue weighted by Gasteiger charge is -2.34. The Morgan fingerprint density at radius 3 is 2.71 bits per heavy atom. The van der Waals surface area contributed by atoms with Crippen LogP contribution in [-0.2, 0) is 4.79 Å². The number of aryl methyl sites for hydroxylation is 2. The lowest BCUT2D eigenvalue weighted by Crippen LogP contribution is -2.50. The second-order valence-corrected chi connectivity index (χ2v) is 7.16. The molecule has 3 rings (SSSR count). The number of hydrogen-bond donors (Lipinski definition) is 1. The number of likely N-dealkylation sites (tertiary alicyclic amines) is 1. The SMILES string of the molecule is Cc1ccc(N2C[C@@H](NC(=O)N3CCCC[C@H]3C)CC2=O)cc1C. The maximum absolute atomic E-state index is 12.5. The van der Waals surface area contributed by atoms with E-state index in [0.717, 1.165) is 25.1 Å². The number of rotatable bonds is 2. The maximum atomic E-state index is 12.5. The predicted octanol–water partition coefficient (Wildman–Crippen LogP) is 2.99. The van der Waals surface area contributed by atoms with E-state index in [2.05, 4.69) is 26.1 Å². The zero-order valence-corrected chi connectivity index (χ0v) is 14.8. The fourth-order valence-corrected chi connectivity index (χ4v) is 3.60. The molecule has 2 fully saturated rings. The van der Waals surface area contributed by atoms with E-state index in [0.29, 0.717) is 13.0 Å². The Balaban J connectivity index is 1.64. The summed E-state index contributed by atoms with van der Waals surface area (Å²) in [5.41, 5.74) is 3.32. The summed E-state index contributed by atoms with van der Waals surface area (Å²) in [7, 11) is 0. The number of urea groups is 1. The van der Waals surface area contributed by atoms with Crippen molar-refractivity contribution in [1.29, 1.82) is 0 Å². The largest absolute Gasteiger partial charge is 0.333 e. The molecule has 2 heterocycles. The van der Waals surface area contributed by atoms with E-state index >= 15 is 0 Å². The second-order valence-electron chi connectivity index (χ2n) is 7.16. The summed E-state index contributed by atoms with van der Waals surface area (Å²) in [4.78, 5) is 28.6. The summed E-state index contributed by atoms with van der Waals surface area (Å²) in [5, 5.41) is 3.06. The van der Waals surface area contributed by atoms with Crippen LogP contribution in [0, 0.1) is 13.8 Å². The summed E-state index contributed by atoms with van der Waals surface area (Å²) in [6, 6.07) is 6.22. The Labute approximate surface area is 144 Å². The molecule has 0 aliphatic carbocycles. The highest BCUT2D eigenvalue weighted by Crippen LogP contribution is 2.24. The molecule has 1 aromatic rings. The normalized spacial score (nSPS) is 24.4. The standard InChI is InChI=1S/C19H27N3O2/c1-13-7-8-17(10-14(13)2)22-12-16(11-18(22)23)20-19(24)21-9-5-4-6-15(21)3/h7-8,10,15-16H,4-6,9,11-12H2,1-3H3,(H,20,24)/t15-,16+/m1/s1. The van der Waals surface area contributed by atoms with Crippen LogP contribution >= 0.6 is 0 Å². The van der Waals surface area contributed by atoms with E-state index in [-0.39, 0.29) is 24.0 Å². The number of nitrogens with one attached hydrogen (secondary N) is 1. The van der Waals surface area contributed by atoms with Crippen molar-refractivity contribution in [1.82, 2.24) is 10.2 Å². The van der Waals surface area contributed by atoms with Gasteiger partial charge < -0.3 is 15.1 Å². The molecule has 24 heavy (non-hydrogen) atoms. The van der Waals surface area contributed by atoms with E-state index in [1.807, 2.05) is 23.1 Å². The van der Waals surface area contributed by atoms with Crippen molar-refractivity contribution in [3.8, 4) is 0 Å². The van der Waals surface area contributed by atoms with Crippen molar-refractivity contribution in [2.45, 2.75) is 58.5 Å². The molecular weight excluding hydrogens is 302 g/mol. The molecule has 3 amide bonds. The third kappa shape index (κ3) is 3.40. The highest BCUT2D eigenvalue weighted by atomic mass is 16.2. The van der Waals surface area contributed by atoms with E-state index in [1.165, 1.54) is 17.5 Å². The van der Waals surface area contributed by atoms with Crippen LogP contribution < -0.4 is 10.2 Å². The van der Waals surface area contributed by atoms with Gasteiger partial charge in [0.2, 0.25) is 5.91 Å². The number of carbonyl (C=O) groups excluding carboxylic acids is 2. The monoisotopic (exact) mass is 329 g/mol. The third-order valence-corrected chi connectivity index (χ3v) is 5.32. The van der Waals surface area contributed by atoms with E-state index in [4.69, 9.17) is 0 Å². The van der Waals surface area contributed by atoms with Gasteiger partial charge in [0, 0.05) is 31.2 Å². The number of hydrogen-bond acceptors (Lipinski definition) is 2. The fourth-order valence-electron chi connectivity index (χ4n) is 3.60. The van der Waals surface area contributed by atoms with Crippen LogP contribution in [0.1, 0.15) is 43.7 Å². The van der Waals surface area contributed by atoms with Crippen LogP contribution in [0.2, 0.25) is 0 Å². The van der Waals surface area contributed by atoms with Gasteiger partial charge in [-0.05, 0) is 63.3 Å². The van der Waals surface area contributed by atoms with Gasteiger partial charge in [-0.2, -0.15) is 0 Å². The summed E-state index contributed by atoms with van der Waals surface area (Å²) < 4.78 is 0. The number of piperidine rings is 1. The number of benzene rings is 1. The average molecular weight is 329 g/mol. The molecule has 0 unspecified atom stereocenters. The molecule has 2 aliphatic rings. The minimum atomic E-state index is -0.110. The summed E-state index contributed by atoms with van der Waals surface area (Å²) in [6.45, 7) is 7.58. The Morgan fingerprint density at radius 1 is 1.21 bits per heavy atom. The summed E-state index contributed by atoms with van der Waals surface area (Å²) in [6.07, 6.45) is 3.69. The number of anilines is 1. The van der Waals surface area contributed by atoms with Crippen LogP contribution in [0.3, 0.4) is 0 Å². The van der Waals surface area contributed by atoms with Gasteiger partial charge in [0.1, 0.15) is 0 Å². The molecule has 0 aromatic heterocycles. The predicted molar refractivity (Wildman–Crippen MR) is 95.2 cm³/mol. The molecule has 5 heteroatoms. The van der Waals surface area contributed by atoms with Crippen molar-refractivity contribution >= 4 is 17.6 Å². The van der Waals surface area contributed by atoms with Crippen LogP contribution in [-0.4, -0.2) is 42.0 Å². The van der Waals surface area contributed by atoms with Gasteiger partial charge in [0.25, 0.3) is 0 Å². The van der Waals surface area contributed by atoms with Crippen molar-refractivity contribution in [2.75, 3.05) is 18.0 Å². The minimum absolute atomic E-state index is 0.0260. The minimum Gasteiger partial charge on any atom is -0.333 e. The topological polar surface area (TPSA) is 52.7 Å². The number of nitrogens with zero attached hydrogens (tertiary/aromatic N) is 2. The maximum Gasteiger partial charge on any atom is 0.317 e. The van der Waals surface area contributed by atoms with Gasteiger partial charge in [0.15, 0.2) is 0 Å². The smallest absolute Gasteiger partial charge is 0.317 e. The fraction of sp³-hybridized carbons (Fsp3) is 0.579. The Bertz CT molecular complexity index is 643. The lowest BCUT2D eigenvalue weighted by molar-refractivity contribution is -0.117. The Hall–Kier alpha value is -2.04. The van der Waals surface area contributed by atoms with Gasteiger partial charge in [-0.3, -0.25) is 4.79 Å². The molecule has 0 saturated carbocycles. The van der Waals surface area contributed by atoms with E-state index < -0.39 is 0 Å². The van der Waals surface area contributed by atoms with Crippen molar-refractivity contribution in [3.63, 3.8) is 0 Å². The van der Waals surface area contributed by atoms with Gasteiger partial charge in [-0.15, -0.1) is 0 Å². The van der Waals surface area contributed by atoms with E-state index in [1.54, 1.807) is 4.90 Å². The van der Waals surface area contributed by atoms with Crippen molar-refractivity contribution in [2.24, 2.45) is 0 Å².